The third-order valence-electron chi connectivity index (χ3n) is 4.33. The number of thiazole rings is 1. The lowest BCUT2D eigenvalue weighted by molar-refractivity contribution is -0.181. The molecule has 0 radical (unpaired) electrons. The summed E-state index contributed by atoms with van der Waals surface area (Å²) < 4.78 is 45.2. The van der Waals surface area contributed by atoms with Crippen LogP contribution in [0.5, 0.6) is 5.75 Å². The molecule has 2 heterocycles. The third kappa shape index (κ3) is 4.56. The highest BCUT2D eigenvalue weighted by Gasteiger charge is 2.49. The molecule has 2 aromatic heterocycles. The number of pyridine rings is 1. The molecule has 0 atom stereocenters. The number of nitrogens with one attached hydrogen (secondary N) is 1. The van der Waals surface area contributed by atoms with Gasteiger partial charge in [0.05, 0.1) is 16.3 Å². The molecule has 0 bridgehead atoms. The van der Waals surface area contributed by atoms with E-state index in [1.165, 1.54) is 12.3 Å². The van der Waals surface area contributed by atoms with E-state index >= 15 is 0 Å². The van der Waals surface area contributed by atoms with E-state index < -0.39 is 17.7 Å². The standard InChI is InChI=1S/C20H18F3N3O2S/c1-12-16(13-9-10-24-15(11-13)19(2,3)20(21,22)23)29-17(25-12)26-18(27)28-14-7-5-4-6-8-14/h4-11H,1-3H3,(H,25,26,27). The lowest BCUT2D eigenvalue weighted by Gasteiger charge is -2.27. The lowest BCUT2D eigenvalue weighted by Crippen LogP contribution is -2.37. The molecule has 0 saturated carbocycles. The summed E-state index contributed by atoms with van der Waals surface area (Å²) >= 11 is 1.15. The molecule has 0 spiro atoms. The van der Waals surface area contributed by atoms with E-state index in [2.05, 4.69) is 15.3 Å². The average Bonchev–Trinajstić information content (AvgIpc) is 3.01. The van der Waals surface area contributed by atoms with Crippen molar-refractivity contribution in [2.75, 3.05) is 5.32 Å². The van der Waals surface area contributed by atoms with Crippen LogP contribution in [-0.2, 0) is 5.41 Å². The van der Waals surface area contributed by atoms with Gasteiger partial charge in [0, 0.05) is 6.20 Å². The van der Waals surface area contributed by atoms with E-state index in [4.69, 9.17) is 4.74 Å². The Bertz CT molecular complexity index is 1020. The average molecular weight is 421 g/mol. The van der Waals surface area contributed by atoms with Gasteiger partial charge in [0.1, 0.15) is 11.2 Å². The van der Waals surface area contributed by atoms with Gasteiger partial charge >= 0.3 is 12.3 Å². The summed E-state index contributed by atoms with van der Waals surface area (Å²) in [6, 6.07) is 11.6. The zero-order chi connectivity index (χ0) is 21.2. The van der Waals surface area contributed by atoms with Gasteiger partial charge in [0.2, 0.25) is 0 Å². The van der Waals surface area contributed by atoms with Gasteiger partial charge in [-0.15, -0.1) is 0 Å². The minimum absolute atomic E-state index is 0.0895. The SMILES string of the molecule is Cc1nc(NC(=O)Oc2ccccc2)sc1-c1ccnc(C(C)(C)C(F)(F)F)c1. The minimum Gasteiger partial charge on any atom is -0.410 e. The summed E-state index contributed by atoms with van der Waals surface area (Å²) in [5, 5.41) is 2.83. The van der Waals surface area contributed by atoms with Crippen LogP contribution in [0.4, 0.5) is 23.1 Å². The molecule has 0 aliphatic heterocycles. The monoisotopic (exact) mass is 421 g/mol. The Morgan fingerprint density at radius 2 is 1.83 bits per heavy atom. The number of benzene rings is 1. The second-order valence-corrected chi connectivity index (χ2v) is 7.81. The van der Waals surface area contributed by atoms with Crippen molar-refractivity contribution in [2.45, 2.75) is 32.4 Å². The van der Waals surface area contributed by atoms with E-state index in [9.17, 15) is 18.0 Å². The second kappa shape index (κ2) is 7.82. The van der Waals surface area contributed by atoms with Crippen molar-refractivity contribution in [3.8, 4) is 16.2 Å². The fraction of sp³-hybridized carbons (Fsp3) is 0.250. The number of rotatable bonds is 4. The van der Waals surface area contributed by atoms with Crippen LogP contribution in [0.3, 0.4) is 0 Å². The summed E-state index contributed by atoms with van der Waals surface area (Å²) in [5.74, 6) is 0.381. The summed E-state index contributed by atoms with van der Waals surface area (Å²) in [7, 11) is 0. The smallest absolute Gasteiger partial charge is 0.410 e. The molecule has 152 valence electrons. The first-order valence-electron chi connectivity index (χ1n) is 8.63. The number of para-hydroxylation sites is 1. The maximum atomic E-state index is 13.3. The Hall–Kier alpha value is -2.94. The van der Waals surface area contributed by atoms with E-state index in [0.717, 1.165) is 25.2 Å². The first kappa shape index (κ1) is 20.8. The predicted octanol–water partition coefficient (Wildman–Crippen LogP) is 5.96. The van der Waals surface area contributed by atoms with Gasteiger partial charge in [-0.25, -0.2) is 9.78 Å². The summed E-state index contributed by atoms with van der Waals surface area (Å²) in [6.45, 7) is 3.89. The third-order valence-corrected chi connectivity index (χ3v) is 5.45. The summed E-state index contributed by atoms with van der Waals surface area (Å²) in [4.78, 5) is 20.9. The second-order valence-electron chi connectivity index (χ2n) is 6.81. The molecule has 3 aromatic rings. The van der Waals surface area contributed by atoms with Crippen molar-refractivity contribution in [2.24, 2.45) is 0 Å². The van der Waals surface area contributed by atoms with Gasteiger partial charge in [-0.1, -0.05) is 29.5 Å². The predicted molar refractivity (Wildman–Crippen MR) is 105 cm³/mol. The number of aromatic nitrogens is 2. The molecule has 0 aliphatic rings. The largest absolute Gasteiger partial charge is 0.418 e. The number of alkyl halides is 3. The Morgan fingerprint density at radius 3 is 2.48 bits per heavy atom. The summed E-state index contributed by atoms with van der Waals surface area (Å²) in [6.07, 6.45) is -3.80. The molecule has 9 heteroatoms. The van der Waals surface area contributed by atoms with Crippen molar-refractivity contribution in [1.82, 2.24) is 9.97 Å². The Balaban J connectivity index is 1.82. The van der Waals surface area contributed by atoms with Gasteiger partial charge in [-0.3, -0.25) is 10.3 Å². The molecule has 0 saturated heterocycles. The van der Waals surface area contributed by atoms with Crippen LogP contribution in [-0.4, -0.2) is 22.2 Å². The number of anilines is 1. The molecule has 0 unspecified atom stereocenters. The van der Waals surface area contributed by atoms with Crippen molar-refractivity contribution in [3.63, 3.8) is 0 Å². The van der Waals surface area contributed by atoms with Gasteiger partial charge in [0.15, 0.2) is 5.13 Å². The highest BCUT2D eigenvalue weighted by Crippen LogP contribution is 2.41. The number of ether oxygens (including phenoxy) is 1. The highest BCUT2D eigenvalue weighted by atomic mass is 32.1. The zero-order valence-electron chi connectivity index (χ0n) is 15.9. The number of carbonyl (C=O) groups is 1. The quantitative estimate of drug-likeness (QED) is 0.564. The number of amides is 1. The van der Waals surface area contributed by atoms with Crippen molar-refractivity contribution in [3.05, 3.63) is 60.0 Å². The van der Waals surface area contributed by atoms with Crippen LogP contribution in [0.25, 0.3) is 10.4 Å². The molecular weight excluding hydrogens is 403 g/mol. The molecule has 0 aliphatic carbocycles. The van der Waals surface area contributed by atoms with Gasteiger partial charge < -0.3 is 4.74 Å². The van der Waals surface area contributed by atoms with Crippen LogP contribution in [0.15, 0.2) is 48.7 Å². The van der Waals surface area contributed by atoms with Crippen LogP contribution < -0.4 is 10.1 Å². The van der Waals surface area contributed by atoms with E-state index in [1.807, 2.05) is 0 Å². The maximum Gasteiger partial charge on any atom is 0.418 e. The number of hydrogen-bond donors (Lipinski definition) is 1. The lowest BCUT2D eigenvalue weighted by atomic mass is 9.87. The normalized spacial score (nSPS) is 11.9. The Kier molecular flexibility index (Phi) is 5.61. The summed E-state index contributed by atoms with van der Waals surface area (Å²) in [5.41, 5.74) is -1.06. The van der Waals surface area contributed by atoms with Gasteiger partial charge in [-0.05, 0) is 50.6 Å². The molecule has 5 nitrogen and oxygen atoms in total. The topological polar surface area (TPSA) is 64.1 Å². The van der Waals surface area contributed by atoms with Gasteiger partial charge in [0.25, 0.3) is 0 Å². The van der Waals surface area contributed by atoms with Crippen LogP contribution in [0.1, 0.15) is 25.2 Å². The Morgan fingerprint density at radius 1 is 1.14 bits per heavy atom. The number of nitrogens with zero attached hydrogens (tertiary/aromatic N) is 2. The van der Waals surface area contributed by atoms with Crippen LogP contribution in [0.2, 0.25) is 0 Å². The molecular formula is C20H18F3N3O2S. The fourth-order valence-electron chi connectivity index (χ4n) is 2.48. The Labute approximate surface area is 169 Å². The molecule has 29 heavy (non-hydrogen) atoms. The van der Waals surface area contributed by atoms with Crippen LogP contribution in [0, 0.1) is 6.92 Å². The van der Waals surface area contributed by atoms with E-state index in [-0.39, 0.29) is 10.8 Å². The van der Waals surface area contributed by atoms with E-state index in [1.54, 1.807) is 43.3 Å². The molecule has 1 amide bonds. The number of hydrogen-bond acceptors (Lipinski definition) is 5. The minimum atomic E-state index is -4.44. The first-order valence-corrected chi connectivity index (χ1v) is 9.44. The molecule has 3 rings (SSSR count). The highest BCUT2D eigenvalue weighted by molar-refractivity contribution is 7.19. The van der Waals surface area contributed by atoms with Crippen molar-refractivity contribution >= 4 is 22.6 Å². The number of halogens is 3. The molecule has 1 aromatic carbocycles. The van der Waals surface area contributed by atoms with Gasteiger partial charge in [-0.2, -0.15) is 13.2 Å². The van der Waals surface area contributed by atoms with Crippen LogP contribution >= 0.6 is 11.3 Å². The maximum absolute atomic E-state index is 13.3. The fourth-order valence-corrected chi connectivity index (χ4v) is 3.43. The number of aryl methyl sites for hydroxylation is 1. The first-order chi connectivity index (χ1) is 13.6. The molecule has 0 fully saturated rings. The van der Waals surface area contributed by atoms with Crippen molar-refractivity contribution in [1.29, 1.82) is 0 Å². The number of carbonyl (C=O) groups excluding carboxylic acids is 1. The van der Waals surface area contributed by atoms with E-state index in [0.29, 0.717) is 21.9 Å². The molecule has 1 N–H and O–H groups in total. The zero-order valence-corrected chi connectivity index (χ0v) is 16.7. The van der Waals surface area contributed by atoms with Crippen molar-refractivity contribution < 1.29 is 22.7 Å².